The van der Waals surface area contributed by atoms with Crippen molar-refractivity contribution in [1.82, 2.24) is 5.32 Å². The van der Waals surface area contributed by atoms with Gasteiger partial charge in [0.1, 0.15) is 11.6 Å². The predicted molar refractivity (Wildman–Crippen MR) is 122 cm³/mol. The molecule has 0 aromatic heterocycles. The first kappa shape index (κ1) is 24.9. The molecular weight excluding hydrogens is 410 g/mol. The van der Waals surface area contributed by atoms with Crippen molar-refractivity contribution in [1.29, 1.82) is 0 Å². The molecule has 32 heavy (non-hydrogen) atoms. The first-order chi connectivity index (χ1) is 15.1. The SMILES string of the molecule is COC(=O)[C@H](Cc1ccc(NC(=O)[C@H](N)Cc2ccccc2)cc1)NC(=O)OC(C)(C)C. The van der Waals surface area contributed by atoms with Crippen LogP contribution < -0.4 is 16.4 Å². The van der Waals surface area contributed by atoms with Gasteiger partial charge in [-0.2, -0.15) is 0 Å². The molecule has 172 valence electrons. The Morgan fingerprint density at radius 3 is 2.09 bits per heavy atom. The minimum Gasteiger partial charge on any atom is -0.467 e. The molecule has 2 atom stereocenters. The van der Waals surface area contributed by atoms with E-state index in [1.165, 1.54) is 7.11 Å². The van der Waals surface area contributed by atoms with Crippen LogP contribution in [0, 0.1) is 0 Å². The number of methoxy groups -OCH3 is 1. The summed E-state index contributed by atoms with van der Waals surface area (Å²) in [5, 5.41) is 5.32. The van der Waals surface area contributed by atoms with Crippen molar-refractivity contribution >= 4 is 23.7 Å². The molecule has 0 bridgehead atoms. The molecule has 0 aliphatic heterocycles. The summed E-state index contributed by atoms with van der Waals surface area (Å²) < 4.78 is 10.00. The number of nitrogens with two attached hydrogens (primary N) is 1. The lowest BCUT2D eigenvalue weighted by Gasteiger charge is -2.22. The molecule has 0 saturated carbocycles. The Bertz CT molecular complexity index is 907. The number of carbonyl (C=O) groups excluding carboxylic acids is 3. The van der Waals surface area contributed by atoms with Crippen LogP contribution in [0.1, 0.15) is 31.9 Å². The molecule has 0 radical (unpaired) electrons. The van der Waals surface area contributed by atoms with Gasteiger partial charge < -0.3 is 25.8 Å². The standard InChI is InChI=1S/C24H31N3O5/c1-24(2,3)32-23(30)27-20(22(29)31-4)15-17-10-12-18(13-11-17)26-21(28)19(25)14-16-8-6-5-7-9-16/h5-13,19-20H,14-15,25H2,1-4H3,(H,26,28)(H,27,30)/t19-,20+/m1/s1. The Hall–Kier alpha value is -3.39. The van der Waals surface area contributed by atoms with Gasteiger partial charge >= 0.3 is 12.1 Å². The fraction of sp³-hybridized carbons (Fsp3) is 0.375. The highest BCUT2D eigenvalue weighted by Crippen LogP contribution is 2.14. The maximum Gasteiger partial charge on any atom is 0.408 e. The second-order valence-corrected chi connectivity index (χ2v) is 8.41. The van der Waals surface area contributed by atoms with E-state index in [4.69, 9.17) is 15.2 Å². The fourth-order valence-corrected chi connectivity index (χ4v) is 2.94. The summed E-state index contributed by atoms with van der Waals surface area (Å²) in [4.78, 5) is 36.5. The summed E-state index contributed by atoms with van der Waals surface area (Å²) in [6, 6.07) is 14.9. The van der Waals surface area contributed by atoms with Gasteiger partial charge in [0.2, 0.25) is 5.91 Å². The quantitative estimate of drug-likeness (QED) is 0.542. The van der Waals surface area contributed by atoms with E-state index in [2.05, 4.69) is 10.6 Å². The lowest BCUT2D eigenvalue weighted by atomic mass is 10.0. The van der Waals surface area contributed by atoms with Crippen LogP contribution in [0.2, 0.25) is 0 Å². The van der Waals surface area contributed by atoms with Gasteiger partial charge in [0, 0.05) is 12.1 Å². The van der Waals surface area contributed by atoms with Crippen molar-refractivity contribution in [2.45, 2.75) is 51.3 Å². The Morgan fingerprint density at radius 2 is 1.53 bits per heavy atom. The minimum atomic E-state index is -0.908. The van der Waals surface area contributed by atoms with E-state index in [1.54, 1.807) is 45.0 Å². The van der Waals surface area contributed by atoms with Crippen LogP contribution in [0.4, 0.5) is 10.5 Å². The predicted octanol–water partition coefficient (Wildman–Crippen LogP) is 2.80. The number of amides is 2. The Morgan fingerprint density at radius 1 is 0.938 bits per heavy atom. The lowest BCUT2D eigenvalue weighted by molar-refractivity contribution is -0.143. The molecule has 0 aliphatic carbocycles. The highest BCUT2D eigenvalue weighted by Gasteiger charge is 2.25. The normalized spacial score (nSPS) is 12.9. The number of hydrogen-bond acceptors (Lipinski definition) is 6. The molecule has 0 heterocycles. The number of esters is 1. The van der Waals surface area contributed by atoms with Gasteiger partial charge in [0.15, 0.2) is 0 Å². The van der Waals surface area contributed by atoms with Crippen LogP contribution in [-0.2, 0) is 31.9 Å². The zero-order chi connectivity index (χ0) is 23.7. The number of anilines is 1. The van der Waals surface area contributed by atoms with Crippen LogP contribution in [0.25, 0.3) is 0 Å². The number of hydrogen-bond donors (Lipinski definition) is 3. The summed E-state index contributed by atoms with van der Waals surface area (Å²) in [5.74, 6) is -0.874. The first-order valence-electron chi connectivity index (χ1n) is 10.3. The monoisotopic (exact) mass is 441 g/mol. The van der Waals surface area contributed by atoms with E-state index >= 15 is 0 Å². The second kappa shape index (κ2) is 11.3. The topological polar surface area (TPSA) is 120 Å². The molecule has 0 spiro atoms. The van der Waals surface area contributed by atoms with E-state index < -0.39 is 29.7 Å². The minimum absolute atomic E-state index is 0.202. The highest BCUT2D eigenvalue weighted by molar-refractivity contribution is 5.94. The first-order valence-corrected chi connectivity index (χ1v) is 10.3. The van der Waals surface area contributed by atoms with Gasteiger partial charge in [-0.25, -0.2) is 9.59 Å². The van der Waals surface area contributed by atoms with E-state index in [-0.39, 0.29) is 12.3 Å². The number of alkyl carbamates (subject to hydrolysis) is 1. The summed E-state index contributed by atoms with van der Waals surface area (Å²) >= 11 is 0. The summed E-state index contributed by atoms with van der Waals surface area (Å²) in [6.07, 6.45) is -0.0700. The van der Waals surface area contributed by atoms with Crippen LogP contribution in [0.15, 0.2) is 54.6 Å². The lowest BCUT2D eigenvalue weighted by Crippen LogP contribution is -2.45. The molecule has 4 N–H and O–H groups in total. The van der Waals surface area contributed by atoms with E-state index in [1.807, 2.05) is 30.3 Å². The number of rotatable bonds is 8. The number of nitrogens with one attached hydrogen (secondary N) is 2. The van der Waals surface area contributed by atoms with Gasteiger partial charge in [0.25, 0.3) is 0 Å². The van der Waals surface area contributed by atoms with Gasteiger partial charge in [-0.1, -0.05) is 42.5 Å². The number of carbonyl (C=O) groups is 3. The Balaban J connectivity index is 1.96. The van der Waals surface area contributed by atoms with E-state index in [0.29, 0.717) is 12.1 Å². The summed E-state index contributed by atoms with van der Waals surface area (Å²) in [6.45, 7) is 5.20. The average molecular weight is 442 g/mol. The number of benzene rings is 2. The van der Waals surface area contributed by atoms with Gasteiger partial charge in [-0.15, -0.1) is 0 Å². The molecule has 0 fully saturated rings. The molecule has 8 heteroatoms. The molecule has 2 amide bonds. The van der Waals surface area contributed by atoms with Crippen LogP contribution >= 0.6 is 0 Å². The second-order valence-electron chi connectivity index (χ2n) is 8.41. The van der Waals surface area contributed by atoms with Crippen molar-refractivity contribution in [3.8, 4) is 0 Å². The smallest absolute Gasteiger partial charge is 0.408 e. The van der Waals surface area contributed by atoms with Crippen molar-refractivity contribution in [2.75, 3.05) is 12.4 Å². The maximum atomic E-state index is 12.4. The Kier molecular flexibility index (Phi) is 8.78. The summed E-state index contributed by atoms with van der Waals surface area (Å²) in [7, 11) is 1.25. The zero-order valence-electron chi connectivity index (χ0n) is 18.9. The average Bonchev–Trinajstić information content (AvgIpc) is 2.73. The fourth-order valence-electron chi connectivity index (χ4n) is 2.94. The van der Waals surface area contributed by atoms with Gasteiger partial charge in [-0.3, -0.25) is 4.79 Å². The third-order valence-electron chi connectivity index (χ3n) is 4.47. The van der Waals surface area contributed by atoms with Gasteiger partial charge in [0.05, 0.1) is 13.2 Å². The molecule has 2 aromatic rings. The van der Waals surface area contributed by atoms with Gasteiger partial charge in [-0.05, 0) is 50.5 Å². The van der Waals surface area contributed by atoms with Crippen LogP contribution in [-0.4, -0.2) is 42.8 Å². The molecular formula is C24H31N3O5. The van der Waals surface area contributed by atoms with Crippen molar-refractivity contribution in [3.63, 3.8) is 0 Å². The molecule has 0 unspecified atom stereocenters. The summed E-state index contributed by atoms with van der Waals surface area (Å²) in [5.41, 5.74) is 7.66. The van der Waals surface area contributed by atoms with Crippen molar-refractivity contribution in [3.05, 3.63) is 65.7 Å². The Labute approximate surface area is 188 Å². The molecule has 8 nitrogen and oxygen atoms in total. The molecule has 2 rings (SSSR count). The van der Waals surface area contributed by atoms with E-state index in [0.717, 1.165) is 11.1 Å². The third kappa shape index (κ3) is 8.39. The highest BCUT2D eigenvalue weighted by atomic mass is 16.6. The number of ether oxygens (including phenoxy) is 2. The van der Waals surface area contributed by atoms with Crippen molar-refractivity contribution < 1.29 is 23.9 Å². The maximum absolute atomic E-state index is 12.4. The van der Waals surface area contributed by atoms with Crippen LogP contribution in [0.3, 0.4) is 0 Å². The van der Waals surface area contributed by atoms with Crippen molar-refractivity contribution in [2.24, 2.45) is 5.73 Å². The van der Waals surface area contributed by atoms with Crippen LogP contribution in [0.5, 0.6) is 0 Å². The molecule has 2 aromatic carbocycles. The molecule has 0 aliphatic rings. The zero-order valence-corrected chi connectivity index (χ0v) is 18.9. The largest absolute Gasteiger partial charge is 0.467 e. The third-order valence-corrected chi connectivity index (χ3v) is 4.47. The molecule has 0 saturated heterocycles. The van der Waals surface area contributed by atoms with E-state index in [9.17, 15) is 14.4 Å².